The number of hydrogen-bond donors (Lipinski definition) is 2. The van der Waals surface area contributed by atoms with Crippen LogP contribution in [0.15, 0.2) is 78.2 Å². The summed E-state index contributed by atoms with van der Waals surface area (Å²) < 4.78 is 42.3. The number of rotatable bonds is 9. The maximum absolute atomic E-state index is 13.3. The number of ketones is 1. The van der Waals surface area contributed by atoms with Gasteiger partial charge in [0.2, 0.25) is 0 Å². The summed E-state index contributed by atoms with van der Waals surface area (Å²) in [7, 11) is -1.13. The number of para-hydroxylation sites is 1. The molecule has 0 unspecified atom stereocenters. The first-order valence-corrected chi connectivity index (χ1v) is 13.0. The Balaban J connectivity index is 0.00000420. The molecule has 3 aromatic carbocycles. The molecule has 4 rings (SSSR count). The number of nitrogens with one attached hydrogen (secondary N) is 2. The summed E-state index contributed by atoms with van der Waals surface area (Å²) in [6, 6.07) is 18.4. The average Bonchev–Trinajstić information content (AvgIpc) is 3.35. The van der Waals surface area contributed by atoms with E-state index in [1.54, 1.807) is 30.9 Å². The zero-order chi connectivity index (χ0) is 27.4. The Morgan fingerprint density at radius 2 is 1.62 bits per heavy atom. The van der Waals surface area contributed by atoms with Gasteiger partial charge < -0.3 is 19.2 Å². The molecular weight excluding hydrogens is 547 g/mol. The number of aromatic nitrogens is 1. The number of sulfonamides is 1. The van der Waals surface area contributed by atoms with Crippen molar-refractivity contribution >= 4 is 89.8 Å². The second-order valence-corrected chi connectivity index (χ2v) is 9.86. The van der Waals surface area contributed by atoms with Gasteiger partial charge in [-0.2, -0.15) is 0 Å². The van der Waals surface area contributed by atoms with Crippen LogP contribution in [0.1, 0.15) is 22.8 Å². The molecule has 0 atom stereocenters. The molecule has 0 fully saturated rings. The monoisotopic (exact) mass is 574 g/mol. The number of ether oxygens (including phenoxy) is 3. The Morgan fingerprint density at radius 3 is 2.23 bits per heavy atom. The molecule has 0 saturated heterocycles. The fraction of sp³-hybridized carbons (Fsp3) is 0.143. The number of carbonyl (C=O) groups excluding carboxylic acids is 2. The van der Waals surface area contributed by atoms with Crippen molar-refractivity contribution in [1.82, 2.24) is 9.71 Å². The van der Waals surface area contributed by atoms with Crippen LogP contribution in [0.25, 0.3) is 27.7 Å². The van der Waals surface area contributed by atoms with Crippen LogP contribution in [-0.4, -0.2) is 97.5 Å². The molecule has 9 nitrogen and oxygen atoms in total. The SMILES string of the molecule is C=C(C(=O)c1ccc(S(=O)(=O)NC(=O)OCC)cc1)c1cc(-c2cc3ccccc3[nH]2)c(OC)cc1OC.[KH]. The van der Waals surface area contributed by atoms with Gasteiger partial charge in [-0.05, 0) is 49.4 Å². The summed E-state index contributed by atoms with van der Waals surface area (Å²) in [4.78, 5) is 28.0. The number of fused-ring (bicyclic) bond motifs is 1. The number of methoxy groups -OCH3 is 2. The molecule has 0 saturated carbocycles. The minimum atomic E-state index is -4.16. The Labute approximate surface area is 269 Å². The quantitative estimate of drug-likeness (QED) is 0.171. The topological polar surface area (TPSA) is 124 Å². The molecule has 1 heterocycles. The third kappa shape index (κ3) is 6.63. The first kappa shape index (κ1) is 30.6. The molecule has 198 valence electrons. The van der Waals surface area contributed by atoms with Gasteiger partial charge in [-0.3, -0.25) is 4.79 Å². The Hall–Kier alpha value is -2.93. The molecular formula is C28H27KN2O7S. The van der Waals surface area contributed by atoms with E-state index in [2.05, 4.69) is 16.3 Å². The van der Waals surface area contributed by atoms with Crippen LogP contribution >= 0.6 is 0 Å². The first-order chi connectivity index (χ1) is 18.2. The van der Waals surface area contributed by atoms with Crippen LogP contribution in [0.4, 0.5) is 4.79 Å². The summed E-state index contributed by atoms with van der Waals surface area (Å²) in [5.74, 6) is 0.498. The third-order valence-corrected chi connectivity index (χ3v) is 7.19. The van der Waals surface area contributed by atoms with Crippen molar-refractivity contribution in [2.45, 2.75) is 11.8 Å². The molecule has 4 aromatic rings. The molecule has 0 bridgehead atoms. The van der Waals surface area contributed by atoms with Crippen molar-refractivity contribution in [3.05, 3.63) is 84.4 Å². The number of aromatic amines is 1. The number of H-pyrrole nitrogens is 1. The zero-order valence-electron chi connectivity index (χ0n) is 21.0. The molecule has 0 aliphatic carbocycles. The Kier molecular flexibility index (Phi) is 10.2. The van der Waals surface area contributed by atoms with Gasteiger partial charge in [0.15, 0.2) is 5.78 Å². The fourth-order valence-electron chi connectivity index (χ4n) is 3.97. The van der Waals surface area contributed by atoms with Crippen molar-refractivity contribution in [3.8, 4) is 22.8 Å². The molecule has 0 radical (unpaired) electrons. The first-order valence-electron chi connectivity index (χ1n) is 11.6. The van der Waals surface area contributed by atoms with E-state index < -0.39 is 21.9 Å². The van der Waals surface area contributed by atoms with Gasteiger partial charge >= 0.3 is 57.5 Å². The van der Waals surface area contributed by atoms with Crippen LogP contribution in [-0.2, 0) is 14.8 Å². The van der Waals surface area contributed by atoms with Gasteiger partial charge in [-0.15, -0.1) is 0 Å². The van der Waals surface area contributed by atoms with E-state index in [1.165, 1.54) is 31.4 Å². The second-order valence-electron chi connectivity index (χ2n) is 8.18. The number of carbonyl (C=O) groups is 2. The third-order valence-electron chi connectivity index (χ3n) is 5.86. The summed E-state index contributed by atoms with van der Waals surface area (Å²) >= 11 is 0. The molecule has 11 heteroatoms. The van der Waals surface area contributed by atoms with Gasteiger partial charge in [-0.25, -0.2) is 17.9 Å². The Morgan fingerprint density at radius 1 is 0.949 bits per heavy atom. The van der Waals surface area contributed by atoms with Crippen molar-refractivity contribution in [2.75, 3.05) is 20.8 Å². The number of allylic oxidation sites excluding steroid dienone is 1. The van der Waals surface area contributed by atoms with Crippen molar-refractivity contribution in [1.29, 1.82) is 0 Å². The molecule has 0 spiro atoms. The van der Waals surface area contributed by atoms with Gasteiger partial charge in [0.25, 0.3) is 10.0 Å². The maximum atomic E-state index is 13.3. The van der Waals surface area contributed by atoms with Crippen LogP contribution in [0.5, 0.6) is 11.5 Å². The average molecular weight is 575 g/mol. The van der Waals surface area contributed by atoms with E-state index in [1.807, 2.05) is 30.3 Å². The normalized spacial score (nSPS) is 10.8. The Bertz CT molecular complexity index is 1610. The number of Topliss-reactive ketones (excluding diaryl/α,β-unsaturated/α-hetero) is 1. The summed E-state index contributed by atoms with van der Waals surface area (Å²) in [6.45, 7) is 5.58. The van der Waals surface area contributed by atoms with Gasteiger partial charge in [0, 0.05) is 39.2 Å². The predicted octanol–water partition coefficient (Wildman–Crippen LogP) is 4.53. The van der Waals surface area contributed by atoms with Crippen molar-refractivity contribution in [2.24, 2.45) is 0 Å². The molecule has 0 aliphatic rings. The number of hydrogen-bond acceptors (Lipinski definition) is 7. The predicted molar refractivity (Wildman–Crippen MR) is 151 cm³/mol. The summed E-state index contributed by atoms with van der Waals surface area (Å²) in [6.07, 6.45) is -1.08. The van der Waals surface area contributed by atoms with Gasteiger partial charge in [-0.1, -0.05) is 24.8 Å². The van der Waals surface area contributed by atoms with Crippen LogP contribution < -0.4 is 14.2 Å². The van der Waals surface area contributed by atoms with Gasteiger partial charge in [0.05, 0.1) is 31.4 Å². The fourth-order valence-corrected chi connectivity index (χ4v) is 4.87. The molecule has 1 amide bonds. The molecule has 39 heavy (non-hydrogen) atoms. The van der Waals surface area contributed by atoms with Crippen LogP contribution in [0, 0.1) is 0 Å². The molecule has 2 N–H and O–H groups in total. The molecule has 0 aliphatic heterocycles. The van der Waals surface area contributed by atoms with E-state index in [-0.39, 0.29) is 74.0 Å². The number of amides is 1. The van der Waals surface area contributed by atoms with Crippen LogP contribution in [0.3, 0.4) is 0 Å². The summed E-state index contributed by atoms with van der Waals surface area (Å²) in [5.41, 5.74) is 3.24. The van der Waals surface area contributed by atoms with Crippen molar-refractivity contribution in [3.63, 3.8) is 0 Å². The van der Waals surface area contributed by atoms with E-state index in [0.717, 1.165) is 16.6 Å². The van der Waals surface area contributed by atoms with Crippen LogP contribution in [0.2, 0.25) is 0 Å². The van der Waals surface area contributed by atoms with Crippen molar-refractivity contribution < 1.29 is 32.2 Å². The zero-order valence-corrected chi connectivity index (χ0v) is 21.8. The van der Waals surface area contributed by atoms with E-state index in [0.29, 0.717) is 22.6 Å². The minimum absolute atomic E-state index is 0. The standard InChI is InChI=1S/C28H26N2O7S.K.H/c1-5-37-28(32)30-38(33,34)20-12-10-18(11-13-20)27(31)17(2)21-15-22(26(36-4)16-25(21)35-3)24-14-19-8-6-7-9-23(19)29-24;;/h6-16,29H,2,5H2,1,3-4H3,(H,30,32);;. The van der Waals surface area contributed by atoms with Gasteiger partial charge in [0.1, 0.15) is 11.5 Å². The van der Waals surface area contributed by atoms with E-state index in [9.17, 15) is 18.0 Å². The van der Waals surface area contributed by atoms with E-state index in [4.69, 9.17) is 9.47 Å². The molecule has 1 aromatic heterocycles. The summed E-state index contributed by atoms with van der Waals surface area (Å²) in [5, 5.41) is 1.02. The number of benzene rings is 3. The van der Waals surface area contributed by atoms with E-state index >= 15 is 0 Å². The second kappa shape index (κ2) is 12.9.